The van der Waals surface area contributed by atoms with Gasteiger partial charge in [0.1, 0.15) is 11.3 Å². The molecule has 1 aromatic carbocycles. The molecule has 3 aromatic heterocycles. The Morgan fingerprint density at radius 2 is 1.98 bits per heavy atom. The number of nitrogens with zero attached hydrogens (tertiary/aromatic N) is 5. The topological polar surface area (TPSA) is 84.7 Å². The summed E-state index contributed by atoms with van der Waals surface area (Å²) in [6.07, 6.45) is -4.05. The van der Waals surface area contributed by atoms with Crippen molar-refractivity contribution >= 4 is 34.4 Å². The largest absolute Gasteiger partial charge is 0.444 e. The maximum absolute atomic E-state index is 14.8. The molecule has 4 heterocycles. The highest BCUT2D eigenvalue weighted by Gasteiger charge is 2.50. The minimum absolute atomic E-state index is 0.123. The maximum Gasteiger partial charge on any atom is 0.413 e. The molecule has 0 radical (unpaired) electrons. The molecular weight excluding hydrogens is 541 g/mol. The number of thioether (sulfide) groups is 1. The summed E-state index contributed by atoms with van der Waals surface area (Å²) >= 11 is 1.66. The van der Waals surface area contributed by atoms with Gasteiger partial charge >= 0.3 is 12.3 Å². The van der Waals surface area contributed by atoms with Gasteiger partial charge in [-0.3, -0.25) is 9.30 Å². The van der Waals surface area contributed by atoms with Gasteiger partial charge in [-0.25, -0.2) is 9.78 Å². The van der Waals surface area contributed by atoms with Crippen molar-refractivity contribution in [2.75, 3.05) is 18.8 Å². The number of pyridine rings is 2. The van der Waals surface area contributed by atoms with E-state index in [4.69, 9.17) is 9.72 Å². The molecule has 1 N–H and O–H groups in total. The third-order valence-electron chi connectivity index (χ3n) is 6.57. The van der Waals surface area contributed by atoms with Crippen molar-refractivity contribution in [3.63, 3.8) is 0 Å². The van der Waals surface area contributed by atoms with Gasteiger partial charge in [-0.2, -0.15) is 13.2 Å². The van der Waals surface area contributed by atoms with Crippen LogP contribution in [-0.4, -0.2) is 67.2 Å². The van der Waals surface area contributed by atoms with Gasteiger partial charge < -0.3 is 10.1 Å². The predicted molar refractivity (Wildman–Crippen MR) is 148 cm³/mol. The first-order valence-corrected chi connectivity index (χ1v) is 14.1. The van der Waals surface area contributed by atoms with Gasteiger partial charge in [0.15, 0.2) is 17.5 Å². The summed E-state index contributed by atoms with van der Waals surface area (Å²) in [7, 11) is 0. The summed E-state index contributed by atoms with van der Waals surface area (Å²) in [6, 6.07) is 9.52. The lowest BCUT2D eigenvalue weighted by atomic mass is 10.0. The quantitative estimate of drug-likeness (QED) is 0.273. The molecule has 40 heavy (non-hydrogen) atoms. The Bertz CT molecular complexity index is 1530. The van der Waals surface area contributed by atoms with Gasteiger partial charge in [-0.15, -0.1) is 22.0 Å². The molecule has 4 aromatic rings. The Hall–Kier alpha value is -3.38. The number of hydrogen-bond acceptors (Lipinski definition) is 7. The number of halogens is 3. The van der Waals surface area contributed by atoms with E-state index in [0.29, 0.717) is 30.1 Å². The lowest BCUT2D eigenvalue weighted by Crippen LogP contribution is -2.50. The molecule has 0 saturated carbocycles. The first kappa shape index (κ1) is 28.2. The molecule has 0 aliphatic carbocycles. The number of hydrogen-bond donors (Lipinski definition) is 1. The molecule has 0 spiro atoms. The molecular formula is C28H31F3N6O2S. The second-order valence-electron chi connectivity index (χ2n) is 10.6. The number of carbonyl (C=O) groups is 1. The smallest absolute Gasteiger partial charge is 0.413 e. The van der Waals surface area contributed by atoms with E-state index in [-0.39, 0.29) is 12.1 Å². The van der Waals surface area contributed by atoms with E-state index in [0.717, 1.165) is 26.5 Å². The molecule has 2 atom stereocenters. The molecule has 8 nitrogen and oxygen atoms in total. The van der Waals surface area contributed by atoms with Crippen molar-refractivity contribution in [3.05, 3.63) is 54.2 Å². The number of nitrogens with one attached hydrogen (secondary N) is 1. The van der Waals surface area contributed by atoms with Crippen molar-refractivity contribution in [2.45, 2.75) is 62.9 Å². The Labute approximate surface area is 234 Å². The van der Waals surface area contributed by atoms with Crippen molar-refractivity contribution in [1.82, 2.24) is 29.8 Å². The molecule has 1 aliphatic rings. The highest BCUT2D eigenvalue weighted by molar-refractivity contribution is 7.99. The first-order valence-electron chi connectivity index (χ1n) is 13.1. The van der Waals surface area contributed by atoms with Crippen LogP contribution in [0.1, 0.15) is 45.7 Å². The number of carbonyl (C=O) groups excluding carboxylic acids is 1. The number of rotatable bonds is 6. The van der Waals surface area contributed by atoms with Gasteiger partial charge in [0.05, 0.1) is 5.52 Å². The van der Waals surface area contributed by atoms with E-state index in [1.54, 1.807) is 38.6 Å². The fourth-order valence-corrected chi connectivity index (χ4v) is 5.71. The van der Waals surface area contributed by atoms with Crippen LogP contribution in [-0.2, 0) is 4.74 Å². The normalized spacial score (nSPS) is 16.9. The van der Waals surface area contributed by atoms with E-state index >= 15 is 0 Å². The van der Waals surface area contributed by atoms with Crippen LogP contribution in [0, 0.1) is 0 Å². The van der Waals surface area contributed by atoms with Crippen LogP contribution in [0.2, 0.25) is 0 Å². The summed E-state index contributed by atoms with van der Waals surface area (Å²) in [4.78, 5) is 19.9. The Morgan fingerprint density at radius 1 is 1.18 bits per heavy atom. The Morgan fingerprint density at radius 3 is 2.65 bits per heavy atom. The van der Waals surface area contributed by atoms with Crippen LogP contribution in [0.4, 0.5) is 18.0 Å². The molecule has 1 aliphatic heterocycles. The van der Waals surface area contributed by atoms with Gasteiger partial charge in [0, 0.05) is 34.6 Å². The summed E-state index contributed by atoms with van der Waals surface area (Å²) in [5.74, 6) is 1.17. The van der Waals surface area contributed by atoms with E-state index in [1.807, 2.05) is 24.3 Å². The van der Waals surface area contributed by atoms with Gasteiger partial charge in [-0.05, 0) is 57.7 Å². The van der Waals surface area contributed by atoms with E-state index in [9.17, 15) is 18.0 Å². The fourth-order valence-electron chi connectivity index (χ4n) is 4.92. The number of para-hydroxylation sites is 1. The lowest BCUT2D eigenvalue weighted by molar-refractivity contribution is -0.188. The maximum atomic E-state index is 14.8. The van der Waals surface area contributed by atoms with Crippen molar-refractivity contribution in [2.24, 2.45) is 0 Å². The van der Waals surface area contributed by atoms with Crippen LogP contribution < -0.4 is 5.32 Å². The third-order valence-corrected chi connectivity index (χ3v) is 7.50. The SMILES string of the molecule is CCSc1cccc2ccc(-c3nnc4ccc(C(N(C(=O)OC(C)(C)C)C5CCNC5)C(F)(F)F)cn34)nc12. The molecule has 1 saturated heterocycles. The minimum atomic E-state index is -4.77. The van der Waals surface area contributed by atoms with Crippen LogP contribution in [0.25, 0.3) is 28.1 Å². The first-order chi connectivity index (χ1) is 19.0. The number of benzene rings is 1. The summed E-state index contributed by atoms with van der Waals surface area (Å²) in [5.41, 5.74) is 0.553. The highest BCUT2D eigenvalue weighted by Crippen LogP contribution is 2.41. The van der Waals surface area contributed by atoms with Crippen LogP contribution in [0.3, 0.4) is 0 Å². The van der Waals surface area contributed by atoms with Gasteiger partial charge in [-0.1, -0.05) is 31.2 Å². The third kappa shape index (κ3) is 5.73. The number of fused-ring (bicyclic) bond motifs is 2. The predicted octanol–water partition coefficient (Wildman–Crippen LogP) is 6.26. The van der Waals surface area contributed by atoms with E-state index in [2.05, 4.69) is 22.4 Å². The van der Waals surface area contributed by atoms with Crippen LogP contribution in [0.15, 0.2) is 53.6 Å². The standard InChI is InChI=1S/C28H31F3N6O2S/c1-5-40-21-8-6-7-17-9-11-20(33-23(17)21)25-35-34-22-12-10-18(16-36(22)25)24(28(29,30)31)37(19-13-14-32-15-19)26(38)39-27(2,3)4/h6-12,16,19,24,32H,5,13-15H2,1-4H3. The summed E-state index contributed by atoms with van der Waals surface area (Å²) in [6.45, 7) is 7.71. The molecule has 12 heteroatoms. The van der Waals surface area contributed by atoms with E-state index in [1.165, 1.54) is 22.7 Å². The zero-order valence-electron chi connectivity index (χ0n) is 22.7. The molecule has 5 rings (SSSR count). The lowest BCUT2D eigenvalue weighted by Gasteiger charge is -2.38. The zero-order valence-corrected chi connectivity index (χ0v) is 23.5. The molecule has 0 bridgehead atoms. The highest BCUT2D eigenvalue weighted by atomic mass is 32.2. The van der Waals surface area contributed by atoms with E-state index < -0.39 is 30.0 Å². The molecule has 2 unspecified atom stereocenters. The minimum Gasteiger partial charge on any atom is -0.444 e. The number of ether oxygens (including phenoxy) is 1. The summed E-state index contributed by atoms with van der Waals surface area (Å²) < 4.78 is 51.4. The number of alkyl halides is 3. The zero-order chi connectivity index (χ0) is 28.7. The van der Waals surface area contributed by atoms with Crippen molar-refractivity contribution < 1.29 is 22.7 Å². The molecule has 1 fully saturated rings. The average Bonchev–Trinajstić information content (AvgIpc) is 3.55. The molecule has 212 valence electrons. The Balaban J connectivity index is 1.62. The number of amides is 1. The summed E-state index contributed by atoms with van der Waals surface area (Å²) in [5, 5.41) is 12.4. The second kappa shape index (κ2) is 10.9. The van der Waals surface area contributed by atoms with Gasteiger partial charge in [0.2, 0.25) is 0 Å². The van der Waals surface area contributed by atoms with Gasteiger partial charge in [0.25, 0.3) is 0 Å². The molecule has 1 amide bonds. The van der Waals surface area contributed by atoms with Crippen LogP contribution in [0.5, 0.6) is 0 Å². The average molecular weight is 573 g/mol. The van der Waals surface area contributed by atoms with Crippen molar-refractivity contribution in [3.8, 4) is 11.5 Å². The monoisotopic (exact) mass is 572 g/mol. The van der Waals surface area contributed by atoms with Crippen molar-refractivity contribution in [1.29, 1.82) is 0 Å². The second-order valence-corrected chi connectivity index (χ2v) is 12.0. The Kier molecular flexibility index (Phi) is 7.66. The fraction of sp³-hybridized carbons (Fsp3) is 0.429. The van der Waals surface area contributed by atoms with Crippen LogP contribution >= 0.6 is 11.8 Å². The number of aromatic nitrogens is 4.